The molecule has 0 saturated carbocycles. The molecule has 2 aliphatic carbocycles. The molecule has 0 spiro atoms. The molecule has 0 bridgehead atoms. The molecule has 2 aromatic heterocycles. The van der Waals surface area contributed by atoms with Gasteiger partial charge in [0.1, 0.15) is 5.82 Å². The quantitative estimate of drug-likeness (QED) is 0.129. The van der Waals surface area contributed by atoms with Crippen molar-refractivity contribution in [3.63, 3.8) is 0 Å². The summed E-state index contributed by atoms with van der Waals surface area (Å²) in [5.41, 5.74) is 18.0. The number of hydrogen-bond acceptors (Lipinski definition) is 4. The van der Waals surface area contributed by atoms with Crippen molar-refractivity contribution in [1.82, 2.24) is 14.5 Å². The van der Waals surface area contributed by atoms with E-state index in [1.807, 2.05) is 0 Å². The minimum absolute atomic E-state index is 0.294. The lowest BCUT2D eigenvalue weighted by atomic mass is 9.72. The van der Waals surface area contributed by atoms with Crippen LogP contribution in [0.1, 0.15) is 83.7 Å². The highest BCUT2D eigenvalue weighted by atomic mass is 15.2. The van der Waals surface area contributed by atoms with Gasteiger partial charge in [0.2, 0.25) is 0 Å². The number of hydrogen-bond donors (Lipinski definition) is 0. The lowest BCUT2D eigenvalue weighted by molar-refractivity contribution is 0.619. The normalized spacial score (nSPS) is 17.1. The van der Waals surface area contributed by atoms with Crippen LogP contribution >= 0.6 is 0 Å². The van der Waals surface area contributed by atoms with Gasteiger partial charge in [-0.2, -0.15) is 0 Å². The Bertz CT molecular complexity index is 3170. The summed E-state index contributed by atoms with van der Waals surface area (Å²) in [5, 5.41) is 2.38. The first kappa shape index (κ1) is 40.9. The van der Waals surface area contributed by atoms with Gasteiger partial charge in [0.05, 0.1) is 33.8 Å². The molecule has 316 valence electrons. The Morgan fingerprint density at radius 1 is 0.828 bits per heavy atom. The molecule has 0 amide bonds. The molecule has 0 radical (unpaired) electrons. The maximum absolute atomic E-state index is 5.40. The monoisotopic (exact) mass is 833 g/mol. The van der Waals surface area contributed by atoms with E-state index in [9.17, 15) is 0 Å². The first-order valence-corrected chi connectivity index (χ1v) is 23.0. The van der Waals surface area contributed by atoms with Crippen LogP contribution in [0.4, 0.5) is 11.4 Å². The average Bonchev–Trinajstić information content (AvgIpc) is 3.89. The minimum atomic E-state index is -0.294. The number of allylic oxidation sites excluding steroid dienone is 15. The summed E-state index contributed by atoms with van der Waals surface area (Å²) in [7, 11) is 0. The van der Waals surface area contributed by atoms with E-state index in [-0.39, 0.29) is 5.41 Å². The molecular weight excluding hydrogens is 779 g/mol. The molecule has 2 aliphatic heterocycles. The summed E-state index contributed by atoms with van der Waals surface area (Å²) in [6.45, 7) is 15.4. The van der Waals surface area contributed by atoms with E-state index in [4.69, 9.17) is 15.0 Å². The van der Waals surface area contributed by atoms with E-state index in [0.29, 0.717) is 0 Å². The van der Waals surface area contributed by atoms with E-state index in [0.717, 1.165) is 101 Å². The van der Waals surface area contributed by atoms with Gasteiger partial charge in [-0.3, -0.25) is 9.56 Å². The zero-order valence-electron chi connectivity index (χ0n) is 37.7. The maximum atomic E-state index is 5.40. The second kappa shape index (κ2) is 16.9. The van der Waals surface area contributed by atoms with Gasteiger partial charge in [0.15, 0.2) is 5.82 Å². The summed E-state index contributed by atoms with van der Waals surface area (Å²) in [4.78, 5) is 18.3. The van der Waals surface area contributed by atoms with Crippen molar-refractivity contribution in [2.45, 2.75) is 78.6 Å². The molecule has 4 aliphatic rings. The number of aliphatic imine (C=N–C) groups is 1. The van der Waals surface area contributed by atoms with Crippen LogP contribution < -0.4 is 4.90 Å². The standard InChI is InChI=1S/C59H55N5/c1-7-20-45(21-8-2)63-54(22-9-3)48(10-4)59(5,6)49-35-43(30-32-55(49)63)42-29-31-53-46(33-42)47-34-44-36-50(39-23-14-11-15-24-39)60-51(44)37-56(47)64(53)57-38-52(40-25-16-12-17-26-40)61-58(62-57)41-27-18-13-19-28-41/h7,9-10,12-14,16-18,20-27,29-35,37-38H,4,8,11,15,19,28,36H2,1-3,5-6H3/b20-7-,22-9-,45-21+. The van der Waals surface area contributed by atoms with E-state index < -0.39 is 0 Å². The molecule has 4 heterocycles. The Labute approximate surface area is 378 Å². The fraction of sp³-hybridized carbons (Fsp3) is 0.203. The summed E-state index contributed by atoms with van der Waals surface area (Å²) in [6, 6.07) is 31.3. The number of rotatable bonds is 10. The SMILES string of the molecule is C=CC1=C(/C=C\C)N(C(/C=C\C)=C/CC)c2ccc(-c3ccc4c(c3)c3cc5c(cc3n4-c3cc(-c4ccccc4)nc(C4=CC=CCC4)n3)N=C(C3=CCCC=C3)C5)cc2C1(C)C. The lowest BCUT2D eigenvalue weighted by Gasteiger charge is -2.43. The van der Waals surface area contributed by atoms with E-state index >= 15 is 0 Å². The predicted molar refractivity (Wildman–Crippen MR) is 272 cm³/mol. The predicted octanol–water partition coefficient (Wildman–Crippen LogP) is 15.5. The molecule has 6 aromatic rings. The van der Waals surface area contributed by atoms with Crippen molar-refractivity contribution in [3.05, 3.63) is 204 Å². The van der Waals surface area contributed by atoms with Crippen molar-refractivity contribution < 1.29 is 0 Å². The number of benzene rings is 4. The maximum Gasteiger partial charge on any atom is 0.158 e. The van der Waals surface area contributed by atoms with Crippen molar-refractivity contribution in [2.24, 2.45) is 4.99 Å². The van der Waals surface area contributed by atoms with Crippen LogP contribution in [0.3, 0.4) is 0 Å². The van der Waals surface area contributed by atoms with Gasteiger partial charge in [-0.1, -0.05) is 131 Å². The van der Waals surface area contributed by atoms with Crippen LogP contribution in [0.15, 0.2) is 192 Å². The molecule has 64 heavy (non-hydrogen) atoms. The summed E-state index contributed by atoms with van der Waals surface area (Å²) in [6.07, 6.45) is 32.2. The average molecular weight is 834 g/mol. The van der Waals surface area contributed by atoms with E-state index in [1.54, 1.807) is 0 Å². The van der Waals surface area contributed by atoms with Crippen LogP contribution in [0.2, 0.25) is 0 Å². The highest BCUT2D eigenvalue weighted by Crippen LogP contribution is 2.49. The van der Waals surface area contributed by atoms with Crippen LogP contribution in [0, 0.1) is 0 Å². The van der Waals surface area contributed by atoms with Crippen molar-refractivity contribution in [2.75, 3.05) is 4.90 Å². The van der Waals surface area contributed by atoms with Gasteiger partial charge in [-0.05, 0) is 133 Å². The molecule has 10 rings (SSSR count). The first-order chi connectivity index (χ1) is 31.3. The molecule has 5 heteroatoms. The largest absolute Gasteiger partial charge is 0.310 e. The van der Waals surface area contributed by atoms with Crippen LogP contribution in [0.25, 0.3) is 55.6 Å². The topological polar surface area (TPSA) is 46.3 Å². The third-order valence-electron chi connectivity index (χ3n) is 13.2. The molecule has 4 aromatic carbocycles. The molecule has 0 N–H and O–H groups in total. The van der Waals surface area contributed by atoms with Crippen molar-refractivity contribution >= 4 is 44.5 Å². The second-order valence-corrected chi connectivity index (χ2v) is 17.6. The molecule has 0 saturated heterocycles. The lowest BCUT2D eigenvalue weighted by Crippen LogP contribution is -2.35. The molecule has 5 nitrogen and oxygen atoms in total. The fourth-order valence-corrected chi connectivity index (χ4v) is 10.1. The highest BCUT2D eigenvalue weighted by molar-refractivity contribution is 6.14. The van der Waals surface area contributed by atoms with E-state index in [1.165, 1.54) is 49.9 Å². The Balaban J connectivity index is 1.19. The smallest absolute Gasteiger partial charge is 0.158 e. The minimum Gasteiger partial charge on any atom is -0.310 e. The van der Waals surface area contributed by atoms with Gasteiger partial charge >= 0.3 is 0 Å². The summed E-state index contributed by atoms with van der Waals surface area (Å²) >= 11 is 0. The highest BCUT2D eigenvalue weighted by Gasteiger charge is 2.37. The number of aromatic nitrogens is 3. The van der Waals surface area contributed by atoms with Crippen molar-refractivity contribution in [1.29, 1.82) is 0 Å². The van der Waals surface area contributed by atoms with Crippen LogP contribution in [-0.2, 0) is 11.8 Å². The van der Waals surface area contributed by atoms with Crippen molar-refractivity contribution in [3.8, 4) is 28.2 Å². The molecule has 0 atom stereocenters. The fourth-order valence-electron chi connectivity index (χ4n) is 10.1. The Kier molecular flexibility index (Phi) is 10.8. The zero-order valence-corrected chi connectivity index (χ0v) is 37.7. The van der Waals surface area contributed by atoms with Crippen LogP contribution in [0.5, 0.6) is 0 Å². The van der Waals surface area contributed by atoms with Gasteiger partial charge in [0.25, 0.3) is 0 Å². The second-order valence-electron chi connectivity index (χ2n) is 17.6. The third-order valence-corrected chi connectivity index (χ3v) is 13.2. The Hall–Kier alpha value is -7.11. The van der Waals surface area contributed by atoms with Crippen LogP contribution in [-0.4, -0.2) is 20.2 Å². The molecular formula is C59H55N5. The van der Waals surface area contributed by atoms with Gasteiger partial charge in [-0.25, -0.2) is 9.97 Å². The van der Waals surface area contributed by atoms with Gasteiger partial charge < -0.3 is 4.90 Å². The van der Waals surface area contributed by atoms with Gasteiger partial charge in [0, 0.05) is 45.6 Å². The molecule has 0 unspecified atom stereocenters. The number of nitrogens with zero attached hydrogens (tertiary/aromatic N) is 5. The zero-order chi connectivity index (χ0) is 44.0. The van der Waals surface area contributed by atoms with E-state index in [2.05, 4.69) is 209 Å². The molecule has 0 fully saturated rings. The Morgan fingerprint density at radius 2 is 1.66 bits per heavy atom. The summed E-state index contributed by atoms with van der Waals surface area (Å²) in [5.74, 6) is 1.62. The van der Waals surface area contributed by atoms with Gasteiger partial charge in [-0.15, -0.1) is 0 Å². The summed E-state index contributed by atoms with van der Waals surface area (Å²) < 4.78 is 2.35. The Morgan fingerprint density at radius 3 is 2.41 bits per heavy atom. The first-order valence-electron chi connectivity index (χ1n) is 23.0. The number of anilines is 1. The third kappa shape index (κ3) is 7.10. The number of fused-ring (bicyclic) bond motifs is 5.